The minimum absolute atomic E-state index is 0.00403. The van der Waals surface area contributed by atoms with E-state index < -0.39 is 160 Å². The number of hydrogen-bond donors (Lipinski definition) is 13. The summed E-state index contributed by atoms with van der Waals surface area (Å²) < 4.78 is 50.9. The highest BCUT2D eigenvalue weighted by atomic mass is 32.2. The number of carbonyl (C=O) groups excluding carboxylic acids is 8. The molecule has 0 saturated carbocycles. The number of aliphatic hydroxyl groups excluding tert-OH is 6. The van der Waals surface area contributed by atoms with Crippen LogP contribution in [0.15, 0.2) is 0 Å². The third kappa shape index (κ3) is 20.5. The predicted molar refractivity (Wildman–Crippen MR) is 286 cm³/mol. The highest BCUT2D eigenvalue weighted by Crippen LogP contribution is 2.38. The minimum Gasteiger partial charge on any atom is -0.477 e. The molecule has 5 aliphatic rings. The average molecular weight is 1230 g/mol. The van der Waals surface area contributed by atoms with Crippen LogP contribution in [0.1, 0.15) is 112 Å². The van der Waals surface area contributed by atoms with Crippen LogP contribution < -0.4 is 31.9 Å². The van der Waals surface area contributed by atoms with Crippen molar-refractivity contribution in [3.05, 3.63) is 0 Å². The lowest BCUT2D eigenvalue weighted by atomic mass is 9.88. The van der Waals surface area contributed by atoms with Crippen LogP contribution in [0.25, 0.3) is 0 Å². The number of urea groups is 1. The van der Waals surface area contributed by atoms with Gasteiger partial charge in [-0.2, -0.15) is 11.8 Å². The van der Waals surface area contributed by atoms with E-state index in [1.165, 1.54) is 0 Å². The molecular formula is C52H84N6O25S. The number of nitrogens with one attached hydrogen (secondary N) is 6. The Morgan fingerprint density at radius 1 is 0.738 bits per heavy atom. The van der Waals surface area contributed by atoms with E-state index >= 15 is 0 Å². The second-order valence-corrected chi connectivity index (χ2v) is 22.6. The van der Waals surface area contributed by atoms with Crippen molar-refractivity contribution in [2.45, 2.75) is 227 Å². The molecule has 0 aromatic carbocycles. The molecule has 0 aromatic heterocycles. The molecule has 5 saturated heterocycles. The fourth-order valence-electron chi connectivity index (χ4n) is 10.5. The molecule has 0 aromatic rings. The van der Waals surface area contributed by atoms with Crippen LogP contribution in [0.5, 0.6) is 0 Å². The standard InChI is InChI=1S/C52H84N6O25S/c1-25(60)55-39-32(78-28(4)63)20-52(50(72)73,83-47(39)45(79-29(5)64)31(65)22-76-27(3)62)77-23-34-41(68)43(70)44(71)49(81-34)82-46-33(21-59)80-48(40(42(46)69)56-26(2)61)75-19-13-7-12-18-54-36(66)15-8-6-11-17-53-37(67)16-10-9-14-35-38-30(24-84-35)57-51(74)58-38/h30-35,38-49,59,65,68-71H,6-24H2,1-5H3,(H,53,67)(H,54,66)(H,55,60)(H,56,61)(H,72,73)(H2,57,58,74)/t30-,31+,32-,33+,34+,35-,38-,39+,40+,41-,42+,43-,44+,45+,46+,47+,48+,49-,52+/m0/s1. The van der Waals surface area contributed by atoms with E-state index in [4.69, 9.17) is 42.6 Å². The van der Waals surface area contributed by atoms with Gasteiger partial charge in [0.05, 0.1) is 37.8 Å². The Kier molecular flexibility index (Phi) is 28.0. The van der Waals surface area contributed by atoms with Crippen LogP contribution in [0, 0.1) is 0 Å². The number of aliphatic carboxylic acids is 1. The quantitative estimate of drug-likeness (QED) is 0.0130. The first-order chi connectivity index (χ1) is 39.8. The zero-order valence-corrected chi connectivity index (χ0v) is 48.5. The lowest BCUT2D eigenvalue weighted by Gasteiger charge is -2.49. The molecule has 5 fully saturated rings. The molecule has 13 N–H and O–H groups in total. The van der Waals surface area contributed by atoms with E-state index in [-0.39, 0.29) is 36.5 Å². The molecule has 19 atom stereocenters. The van der Waals surface area contributed by atoms with Gasteiger partial charge in [-0.15, -0.1) is 0 Å². The van der Waals surface area contributed by atoms with Crippen molar-refractivity contribution in [3.8, 4) is 0 Å². The molecule has 0 unspecified atom stereocenters. The van der Waals surface area contributed by atoms with E-state index in [2.05, 4.69) is 31.9 Å². The zero-order valence-electron chi connectivity index (χ0n) is 47.7. The molecule has 32 heteroatoms. The van der Waals surface area contributed by atoms with Gasteiger partial charge in [-0.05, 0) is 44.9 Å². The fraction of sp³-hybridized carbons (Fsp3) is 0.827. The largest absolute Gasteiger partial charge is 0.477 e. The Hall–Kier alpha value is -5.10. The van der Waals surface area contributed by atoms with Gasteiger partial charge in [-0.3, -0.25) is 33.6 Å². The topological polar surface area (TPSA) is 450 Å². The second-order valence-electron chi connectivity index (χ2n) is 21.3. The number of esters is 3. The first-order valence-corrected chi connectivity index (χ1v) is 29.3. The number of rotatable bonds is 33. The van der Waals surface area contributed by atoms with Crippen molar-refractivity contribution in [2.75, 3.05) is 45.3 Å². The van der Waals surface area contributed by atoms with Gasteiger partial charge < -0.3 is 110 Å². The van der Waals surface area contributed by atoms with Crippen molar-refractivity contribution >= 4 is 65.3 Å². The molecular weight excluding hydrogens is 1140 g/mol. The number of hydrogen-bond acceptors (Lipinski definition) is 25. The number of carboxylic acids is 1. The predicted octanol–water partition coefficient (Wildman–Crippen LogP) is -3.65. The summed E-state index contributed by atoms with van der Waals surface area (Å²) in [7, 11) is 0. The summed E-state index contributed by atoms with van der Waals surface area (Å²) in [6.45, 7) is 3.27. The number of carboxylic acid groups (broad SMARTS) is 1. The van der Waals surface area contributed by atoms with Gasteiger partial charge in [0.15, 0.2) is 18.7 Å². The van der Waals surface area contributed by atoms with E-state index in [0.29, 0.717) is 56.9 Å². The van der Waals surface area contributed by atoms with Gasteiger partial charge in [-0.1, -0.05) is 12.8 Å². The molecule has 6 amide bonds. The normalized spacial score (nSPS) is 32.5. The summed E-state index contributed by atoms with van der Waals surface area (Å²) in [5.74, 6) is -8.50. The monoisotopic (exact) mass is 1220 g/mol. The molecule has 0 radical (unpaired) electrons. The SMILES string of the molecule is CC(=O)N[C@H]1[C@H](OCCCCCNC(=O)CCCCCNC(=O)CCCC[C@@H]2SC[C@@H]3NC(=O)N[C@@H]32)O[C@H](CO)[C@@H](O[C@@H]2O[C@H](CO[C@]3(C(=O)O)C[C@H](OC(C)=O)[C@@H](NC(C)=O)[C@H]([C@H](OC(C)=O)[C@H](O)COC(C)=O)O3)[C@H](O)[C@H](O)[C@H]2O)[C@@H]1O. The van der Waals surface area contributed by atoms with Gasteiger partial charge in [-0.25, -0.2) is 9.59 Å². The number of fused-ring (bicyclic) bond motifs is 1. The third-order valence-electron chi connectivity index (χ3n) is 14.6. The maximum Gasteiger partial charge on any atom is 0.364 e. The van der Waals surface area contributed by atoms with Gasteiger partial charge in [0.25, 0.3) is 5.79 Å². The minimum atomic E-state index is -2.99. The lowest BCUT2D eigenvalue weighted by Crippen LogP contribution is -2.69. The van der Waals surface area contributed by atoms with Crippen molar-refractivity contribution in [3.63, 3.8) is 0 Å². The van der Waals surface area contributed by atoms with Crippen LogP contribution in [-0.4, -0.2) is 249 Å². The smallest absolute Gasteiger partial charge is 0.364 e. The Morgan fingerprint density at radius 2 is 1.37 bits per heavy atom. The summed E-state index contributed by atoms with van der Waals surface area (Å²) in [4.78, 5) is 111. The van der Waals surface area contributed by atoms with Crippen LogP contribution in [0.4, 0.5) is 4.79 Å². The average Bonchev–Trinajstić information content (AvgIpc) is 2.83. The number of carbonyl (C=O) groups is 9. The molecule has 31 nitrogen and oxygen atoms in total. The molecule has 5 rings (SSSR count). The third-order valence-corrected chi connectivity index (χ3v) is 16.1. The van der Waals surface area contributed by atoms with Crippen molar-refractivity contribution in [1.29, 1.82) is 0 Å². The van der Waals surface area contributed by atoms with E-state index in [1.54, 1.807) is 0 Å². The molecule has 5 aliphatic heterocycles. The van der Waals surface area contributed by atoms with Gasteiger partial charge in [0, 0.05) is 78.2 Å². The van der Waals surface area contributed by atoms with Crippen molar-refractivity contribution < 1.29 is 122 Å². The fourth-order valence-corrected chi connectivity index (χ4v) is 12.0. The van der Waals surface area contributed by atoms with Crippen LogP contribution in [0.3, 0.4) is 0 Å². The van der Waals surface area contributed by atoms with Crippen molar-refractivity contribution in [2.24, 2.45) is 0 Å². The Balaban J connectivity index is 1.09. The molecule has 0 spiro atoms. The summed E-state index contributed by atoms with van der Waals surface area (Å²) in [5.41, 5.74) is 0. The molecule has 0 bridgehead atoms. The zero-order chi connectivity index (χ0) is 61.8. The van der Waals surface area contributed by atoms with Crippen LogP contribution >= 0.6 is 11.8 Å². The summed E-state index contributed by atoms with van der Waals surface area (Å²) in [6, 6.07) is -2.72. The maximum atomic E-state index is 13.3. The van der Waals surface area contributed by atoms with Gasteiger partial charge >= 0.3 is 29.9 Å². The Morgan fingerprint density at radius 3 is 1.98 bits per heavy atom. The van der Waals surface area contributed by atoms with Gasteiger partial charge in [0.1, 0.15) is 73.7 Å². The highest BCUT2D eigenvalue weighted by Gasteiger charge is 2.60. The summed E-state index contributed by atoms with van der Waals surface area (Å²) >= 11 is 1.85. The van der Waals surface area contributed by atoms with E-state index in [9.17, 15) is 78.9 Å². The first kappa shape index (κ1) is 69.7. The molecule has 0 aliphatic carbocycles. The number of unbranched alkanes of at least 4 members (excludes halogenated alkanes) is 5. The number of amides is 6. The van der Waals surface area contributed by atoms with Crippen molar-refractivity contribution in [1.82, 2.24) is 31.9 Å². The van der Waals surface area contributed by atoms with Gasteiger partial charge in [0.2, 0.25) is 23.6 Å². The molecule has 5 heterocycles. The van der Waals surface area contributed by atoms with E-state index in [1.807, 2.05) is 11.8 Å². The Labute approximate surface area is 489 Å². The number of ether oxygens (including phenoxy) is 9. The second kappa shape index (κ2) is 33.7. The maximum absolute atomic E-state index is 13.3. The van der Waals surface area contributed by atoms with E-state index in [0.717, 1.165) is 72.5 Å². The van der Waals surface area contributed by atoms with Crippen LogP contribution in [0.2, 0.25) is 0 Å². The summed E-state index contributed by atoms with van der Waals surface area (Å²) in [5, 5.41) is 94.3. The Bertz CT molecular complexity index is 2220. The highest BCUT2D eigenvalue weighted by molar-refractivity contribution is 8.00. The number of aliphatic hydroxyl groups is 6. The number of thioether (sulfide) groups is 1. The molecule has 84 heavy (non-hydrogen) atoms. The summed E-state index contributed by atoms with van der Waals surface area (Å²) in [6.07, 6.45) is -17.8. The first-order valence-electron chi connectivity index (χ1n) is 28.2. The molecule has 478 valence electrons. The van der Waals surface area contributed by atoms with Crippen LogP contribution in [-0.2, 0) is 81.0 Å². The lowest BCUT2D eigenvalue weighted by molar-refractivity contribution is -0.360.